The molecule has 0 atom stereocenters. The number of aromatic amines is 1. The molecule has 0 radical (unpaired) electrons. The SMILES string of the molecule is Cc1cc(C)c2[nH]c(=O)c(C(=O)O)c(C(C)C)c2c1. The maximum absolute atomic E-state index is 12.0. The van der Waals surface area contributed by atoms with Crippen LogP contribution < -0.4 is 5.56 Å². The quantitative estimate of drug-likeness (QED) is 0.871. The van der Waals surface area contributed by atoms with Gasteiger partial charge in [0.2, 0.25) is 0 Å². The first-order valence-corrected chi connectivity index (χ1v) is 6.23. The number of hydrogen-bond donors (Lipinski definition) is 2. The second kappa shape index (κ2) is 4.53. The number of aromatic nitrogens is 1. The van der Waals surface area contributed by atoms with Crippen LogP contribution in [-0.2, 0) is 0 Å². The summed E-state index contributed by atoms with van der Waals surface area (Å²) in [5, 5.41) is 10.1. The van der Waals surface area contributed by atoms with Gasteiger partial charge in [-0.1, -0.05) is 25.5 Å². The average molecular weight is 259 g/mol. The van der Waals surface area contributed by atoms with E-state index in [1.807, 2.05) is 39.8 Å². The van der Waals surface area contributed by atoms with Crippen molar-refractivity contribution >= 4 is 16.9 Å². The molecule has 100 valence electrons. The fraction of sp³-hybridized carbons (Fsp3) is 0.333. The lowest BCUT2D eigenvalue weighted by Crippen LogP contribution is -2.21. The van der Waals surface area contributed by atoms with Crippen molar-refractivity contribution in [3.8, 4) is 0 Å². The number of aromatic carboxylic acids is 1. The lowest BCUT2D eigenvalue weighted by Gasteiger charge is -2.15. The van der Waals surface area contributed by atoms with Crippen molar-refractivity contribution < 1.29 is 9.90 Å². The Balaban J connectivity index is 3.07. The molecule has 0 saturated heterocycles. The van der Waals surface area contributed by atoms with Crippen molar-refractivity contribution in [1.82, 2.24) is 4.98 Å². The van der Waals surface area contributed by atoms with E-state index in [9.17, 15) is 14.7 Å². The predicted octanol–water partition coefficient (Wildman–Crippen LogP) is 2.97. The molecule has 0 aliphatic heterocycles. The Bertz CT molecular complexity index is 726. The van der Waals surface area contributed by atoms with Crippen molar-refractivity contribution in [2.24, 2.45) is 0 Å². The molecule has 0 bridgehead atoms. The zero-order valence-electron chi connectivity index (χ0n) is 11.5. The molecule has 1 heterocycles. The summed E-state index contributed by atoms with van der Waals surface area (Å²) < 4.78 is 0. The van der Waals surface area contributed by atoms with Crippen LogP contribution in [0.15, 0.2) is 16.9 Å². The molecule has 0 spiro atoms. The van der Waals surface area contributed by atoms with E-state index in [0.29, 0.717) is 5.56 Å². The van der Waals surface area contributed by atoms with Crippen molar-refractivity contribution in [2.45, 2.75) is 33.6 Å². The van der Waals surface area contributed by atoms with Crippen LogP contribution in [0.3, 0.4) is 0 Å². The van der Waals surface area contributed by atoms with Crippen LogP contribution in [0, 0.1) is 13.8 Å². The van der Waals surface area contributed by atoms with Gasteiger partial charge >= 0.3 is 5.97 Å². The molecule has 4 heteroatoms. The van der Waals surface area contributed by atoms with Gasteiger partial charge in [-0.15, -0.1) is 0 Å². The highest BCUT2D eigenvalue weighted by Gasteiger charge is 2.21. The molecule has 0 fully saturated rings. The van der Waals surface area contributed by atoms with Crippen LogP contribution in [0.2, 0.25) is 0 Å². The van der Waals surface area contributed by atoms with Crippen LogP contribution in [-0.4, -0.2) is 16.1 Å². The van der Waals surface area contributed by atoms with Gasteiger partial charge in [0.25, 0.3) is 5.56 Å². The second-order valence-corrected chi connectivity index (χ2v) is 5.21. The van der Waals surface area contributed by atoms with Gasteiger partial charge in [-0.3, -0.25) is 4.79 Å². The Morgan fingerprint density at radius 2 is 1.89 bits per heavy atom. The van der Waals surface area contributed by atoms with E-state index in [-0.39, 0.29) is 11.5 Å². The summed E-state index contributed by atoms with van der Waals surface area (Å²) in [7, 11) is 0. The molecule has 0 saturated carbocycles. The van der Waals surface area contributed by atoms with Gasteiger partial charge in [-0.25, -0.2) is 4.79 Å². The van der Waals surface area contributed by atoms with Gasteiger partial charge in [0.1, 0.15) is 5.56 Å². The van der Waals surface area contributed by atoms with Gasteiger partial charge < -0.3 is 10.1 Å². The number of hydrogen-bond acceptors (Lipinski definition) is 2. The summed E-state index contributed by atoms with van der Waals surface area (Å²) in [6, 6.07) is 3.91. The maximum atomic E-state index is 12.0. The number of benzene rings is 1. The molecule has 0 aliphatic rings. The molecule has 2 aromatic rings. The monoisotopic (exact) mass is 259 g/mol. The van der Waals surface area contributed by atoms with Crippen LogP contribution >= 0.6 is 0 Å². The van der Waals surface area contributed by atoms with Crippen molar-refractivity contribution in [2.75, 3.05) is 0 Å². The Morgan fingerprint density at radius 1 is 1.26 bits per heavy atom. The molecule has 2 N–H and O–H groups in total. The maximum Gasteiger partial charge on any atom is 0.341 e. The number of H-pyrrole nitrogens is 1. The van der Waals surface area contributed by atoms with Crippen molar-refractivity contribution in [3.05, 3.63) is 44.7 Å². The lowest BCUT2D eigenvalue weighted by atomic mass is 9.92. The first-order chi connectivity index (χ1) is 8.82. The summed E-state index contributed by atoms with van der Waals surface area (Å²) >= 11 is 0. The van der Waals surface area contributed by atoms with Gasteiger partial charge in [0, 0.05) is 5.39 Å². The number of carboxylic acids is 1. The van der Waals surface area contributed by atoms with Crippen LogP contribution in [0.5, 0.6) is 0 Å². The zero-order chi connectivity index (χ0) is 14.3. The number of aryl methyl sites for hydroxylation is 2. The molecule has 0 unspecified atom stereocenters. The predicted molar refractivity (Wildman–Crippen MR) is 75.1 cm³/mol. The Kier molecular flexibility index (Phi) is 3.18. The Morgan fingerprint density at radius 3 is 2.42 bits per heavy atom. The third kappa shape index (κ3) is 2.14. The van der Waals surface area contributed by atoms with Crippen LogP contribution in [0.25, 0.3) is 10.9 Å². The third-order valence-corrected chi connectivity index (χ3v) is 3.30. The minimum atomic E-state index is -1.17. The first-order valence-electron chi connectivity index (χ1n) is 6.23. The zero-order valence-corrected chi connectivity index (χ0v) is 11.5. The summed E-state index contributed by atoms with van der Waals surface area (Å²) in [6.07, 6.45) is 0. The molecular weight excluding hydrogens is 242 g/mol. The van der Waals surface area contributed by atoms with E-state index >= 15 is 0 Å². The van der Waals surface area contributed by atoms with Crippen LogP contribution in [0.4, 0.5) is 0 Å². The summed E-state index contributed by atoms with van der Waals surface area (Å²) in [5.41, 5.74) is 2.66. The molecular formula is C15H17NO3. The number of carbonyl (C=O) groups is 1. The van der Waals surface area contributed by atoms with Gasteiger partial charge in [-0.2, -0.15) is 0 Å². The highest BCUT2D eigenvalue weighted by molar-refractivity contribution is 5.97. The van der Waals surface area contributed by atoms with E-state index in [2.05, 4.69) is 4.98 Å². The Labute approximate surface area is 111 Å². The largest absolute Gasteiger partial charge is 0.477 e. The summed E-state index contributed by atoms with van der Waals surface area (Å²) in [4.78, 5) is 26.0. The molecule has 2 rings (SSSR count). The van der Waals surface area contributed by atoms with E-state index in [1.165, 1.54) is 0 Å². The van der Waals surface area contributed by atoms with E-state index < -0.39 is 11.5 Å². The molecule has 4 nitrogen and oxygen atoms in total. The topological polar surface area (TPSA) is 70.2 Å². The summed E-state index contributed by atoms with van der Waals surface area (Å²) in [6.45, 7) is 7.68. The fourth-order valence-electron chi connectivity index (χ4n) is 2.59. The fourth-order valence-corrected chi connectivity index (χ4v) is 2.59. The highest BCUT2D eigenvalue weighted by Crippen LogP contribution is 2.28. The smallest absolute Gasteiger partial charge is 0.341 e. The molecule has 19 heavy (non-hydrogen) atoms. The van der Waals surface area contributed by atoms with Gasteiger partial charge in [-0.05, 0) is 37.0 Å². The van der Waals surface area contributed by atoms with Gasteiger partial charge in [0.15, 0.2) is 0 Å². The van der Waals surface area contributed by atoms with Gasteiger partial charge in [0.05, 0.1) is 5.52 Å². The number of rotatable bonds is 2. The summed E-state index contributed by atoms with van der Waals surface area (Å²) in [5.74, 6) is -1.21. The van der Waals surface area contributed by atoms with E-state index in [1.54, 1.807) is 0 Å². The number of pyridine rings is 1. The third-order valence-electron chi connectivity index (χ3n) is 3.30. The molecule has 1 aromatic carbocycles. The number of nitrogens with one attached hydrogen (secondary N) is 1. The normalized spacial score (nSPS) is 11.2. The molecule has 0 aliphatic carbocycles. The first kappa shape index (κ1) is 13.3. The lowest BCUT2D eigenvalue weighted by molar-refractivity contribution is 0.0693. The highest BCUT2D eigenvalue weighted by atomic mass is 16.4. The molecule has 1 aromatic heterocycles. The second-order valence-electron chi connectivity index (χ2n) is 5.21. The average Bonchev–Trinajstić information content (AvgIpc) is 2.27. The standard InChI is InChI=1S/C15H17NO3/c1-7(2)11-10-6-8(3)5-9(4)13(10)16-14(17)12(11)15(18)19/h5-7H,1-4H3,(H,16,17)(H,18,19). The van der Waals surface area contributed by atoms with E-state index in [4.69, 9.17) is 0 Å². The minimum Gasteiger partial charge on any atom is -0.477 e. The molecule has 0 amide bonds. The van der Waals surface area contributed by atoms with Crippen molar-refractivity contribution in [3.63, 3.8) is 0 Å². The number of carboxylic acid groups (broad SMARTS) is 1. The minimum absolute atomic E-state index is 0.0305. The van der Waals surface area contributed by atoms with Crippen molar-refractivity contribution in [1.29, 1.82) is 0 Å². The Hall–Kier alpha value is -2.10. The van der Waals surface area contributed by atoms with E-state index in [0.717, 1.165) is 22.0 Å². The number of fused-ring (bicyclic) bond motifs is 1. The van der Waals surface area contributed by atoms with Crippen LogP contribution in [0.1, 0.15) is 46.8 Å².